The molecule has 0 saturated heterocycles. The fraction of sp³-hybridized carbons (Fsp3) is 0. The Morgan fingerprint density at radius 2 is 1.92 bits per heavy atom. The second-order valence-electron chi connectivity index (χ2n) is 2.43. The number of nitrogens with two attached hydrogens (primary N) is 1. The zero-order valence-corrected chi connectivity index (χ0v) is 6.55. The third-order valence-corrected chi connectivity index (χ3v) is 1.56. The third kappa shape index (κ3) is 1.33. The molecule has 0 aliphatic rings. The van der Waals surface area contributed by atoms with Crippen LogP contribution in [0.15, 0.2) is 24.3 Å². The van der Waals surface area contributed by atoms with Crippen LogP contribution in [0, 0.1) is 5.82 Å². The number of hydrogen-bond acceptors (Lipinski definition) is 4. The Bertz CT molecular complexity index is 407. The Morgan fingerprint density at radius 3 is 2.46 bits per heavy atom. The Hall–Kier alpha value is -1.98. The maximum absolute atomic E-state index is 12.5. The minimum Gasteiger partial charge on any atom is -0.366 e. The topological polar surface area (TPSA) is 69.6 Å². The number of anilines is 1. The van der Waals surface area contributed by atoms with E-state index >= 15 is 0 Å². The summed E-state index contributed by atoms with van der Waals surface area (Å²) in [6.45, 7) is 0. The summed E-state index contributed by atoms with van der Waals surface area (Å²) in [7, 11) is 0. The number of nitrogens with zero attached hydrogens (tertiary/aromatic N) is 4. The molecule has 1 aromatic carbocycles. The number of tetrazole rings is 1. The lowest BCUT2D eigenvalue weighted by atomic mass is 10.3. The second-order valence-corrected chi connectivity index (χ2v) is 2.43. The van der Waals surface area contributed by atoms with Gasteiger partial charge in [-0.25, -0.2) is 4.39 Å². The summed E-state index contributed by atoms with van der Waals surface area (Å²) in [5, 5.41) is 10.5. The number of halogens is 1. The van der Waals surface area contributed by atoms with Crippen molar-refractivity contribution in [2.45, 2.75) is 0 Å². The molecule has 0 bridgehead atoms. The monoisotopic (exact) mass is 179 g/mol. The first-order valence-electron chi connectivity index (χ1n) is 3.57. The normalized spacial score (nSPS) is 10.2. The molecule has 2 N–H and O–H groups in total. The van der Waals surface area contributed by atoms with Crippen LogP contribution in [0.3, 0.4) is 0 Å². The van der Waals surface area contributed by atoms with Crippen LogP contribution < -0.4 is 5.73 Å². The molecular formula is C7H6FN5. The SMILES string of the molecule is Nc1nnnn1-c1ccc(F)cc1. The summed E-state index contributed by atoms with van der Waals surface area (Å²) in [6.07, 6.45) is 0. The first kappa shape index (κ1) is 7.66. The molecule has 0 atom stereocenters. The lowest BCUT2D eigenvalue weighted by Crippen LogP contribution is -2.02. The van der Waals surface area contributed by atoms with E-state index in [9.17, 15) is 4.39 Å². The standard InChI is InChI=1S/C7H6FN5/c8-5-1-3-6(4-2-5)13-7(9)10-11-12-13/h1-4H,(H2,9,10,12). The van der Waals surface area contributed by atoms with Gasteiger partial charge in [0.2, 0.25) is 5.95 Å². The van der Waals surface area contributed by atoms with Gasteiger partial charge in [-0.3, -0.25) is 0 Å². The molecule has 0 aliphatic heterocycles. The maximum atomic E-state index is 12.5. The van der Waals surface area contributed by atoms with Gasteiger partial charge >= 0.3 is 0 Å². The van der Waals surface area contributed by atoms with E-state index in [1.54, 1.807) is 12.1 Å². The van der Waals surface area contributed by atoms with E-state index in [4.69, 9.17) is 5.73 Å². The summed E-state index contributed by atoms with van der Waals surface area (Å²) < 4.78 is 13.9. The molecule has 0 fully saturated rings. The molecule has 13 heavy (non-hydrogen) atoms. The fourth-order valence-electron chi connectivity index (χ4n) is 0.960. The smallest absolute Gasteiger partial charge is 0.245 e. The van der Waals surface area contributed by atoms with E-state index < -0.39 is 0 Å². The van der Waals surface area contributed by atoms with E-state index in [1.165, 1.54) is 16.8 Å². The summed E-state index contributed by atoms with van der Waals surface area (Å²) >= 11 is 0. The zero-order valence-electron chi connectivity index (χ0n) is 6.55. The van der Waals surface area contributed by atoms with Crippen molar-refractivity contribution in [3.05, 3.63) is 30.1 Å². The summed E-state index contributed by atoms with van der Waals surface area (Å²) in [5.74, 6) is -0.137. The first-order valence-corrected chi connectivity index (χ1v) is 3.57. The fourth-order valence-corrected chi connectivity index (χ4v) is 0.960. The molecule has 0 unspecified atom stereocenters. The Kier molecular flexibility index (Phi) is 1.66. The molecule has 0 aliphatic carbocycles. The number of rotatable bonds is 1. The number of benzene rings is 1. The van der Waals surface area contributed by atoms with Gasteiger partial charge in [0, 0.05) is 0 Å². The maximum Gasteiger partial charge on any atom is 0.245 e. The highest BCUT2D eigenvalue weighted by Gasteiger charge is 2.02. The van der Waals surface area contributed by atoms with E-state index in [-0.39, 0.29) is 11.8 Å². The van der Waals surface area contributed by atoms with Gasteiger partial charge in [0.1, 0.15) is 5.82 Å². The highest BCUT2D eigenvalue weighted by molar-refractivity contribution is 5.35. The first-order chi connectivity index (χ1) is 6.27. The van der Waals surface area contributed by atoms with Crippen molar-refractivity contribution < 1.29 is 4.39 Å². The van der Waals surface area contributed by atoms with Crippen LogP contribution in [0.5, 0.6) is 0 Å². The molecule has 6 heteroatoms. The second kappa shape index (κ2) is 2.81. The molecule has 0 saturated carbocycles. The van der Waals surface area contributed by atoms with Crippen LogP contribution in [0.25, 0.3) is 5.69 Å². The molecular weight excluding hydrogens is 173 g/mol. The third-order valence-electron chi connectivity index (χ3n) is 1.56. The molecule has 66 valence electrons. The molecule has 1 aromatic heterocycles. The molecule has 0 amide bonds. The van der Waals surface area contributed by atoms with Gasteiger partial charge in [0.05, 0.1) is 5.69 Å². The molecule has 0 radical (unpaired) electrons. The highest BCUT2D eigenvalue weighted by Crippen LogP contribution is 2.09. The lowest BCUT2D eigenvalue weighted by Gasteiger charge is -1.99. The van der Waals surface area contributed by atoms with Crippen LogP contribution in [0.2, 0.25) is 0 Å². The molecule has 5 nitrogen and oxygen atoms in total. The Balaban J connectivity index is 2.47. The largest absolute Gasteiger partial charge is 0.366 e. The van der Waals surface area contributed by atoms with E-state index in [2.05, 4.69) is 15.5 Å². The van der Waals surface area contributed by atoms with Crippen molar-refractivity contribution >= 4 is 5.95 Å². The van der Waals surface area contributed by atoms with E-state index in [0.29, 0.717) is 5.69 Å². The van der Waals surface area contributed by atoms with E-state index in [1.807, 2.05) is 0 Å². The number of nitrogen functional groups attached to an aromatic ring is 1. The van der Waals surface area contributed by atoms with Crippen LogP contribution in [0.1, 0.15) is 0 Å². The molecule has 1 heterocycles. The Labute approximate surface area is 73.0 Å². The van der Waals surface area contributed by atoms with Crippen molar-refractivity contribution in [2.24, 2.45) is 0 Å². The van der Waals surface area contributed by atoms with Crippen LogP contribution in [-0.2, 0) is 0 Å². The van der Waals surface area contributed by atoms with Gasteiger partial charge in [-0.05, 0) is 34.7 Å². The lowest BCUT2D eigenvalue weighted by molar-refractivity contribution is 0.627. The quantitative estimate of drug-likeness (QED) is 0.687. The molecule has 2 rings (SSSR count). The minimum absolute atomic E-state index is 0.173. The highest BCUT2D eigenvalue weighted by atomic mass is 19.1. The van der Waals surface area contributed by atoms with Gasteiger partial charge < -0.3 is 5.73 Å². The molecule has 0 spiro atoms. The van der Waals surface area contributed by atoms with Crippen LogP contribution in [0.4, 0.5) is 10.3 Å². The Morgan fingerprint density at radius 1 is 1.23 bits per heavy atom. The predicted molar refractivity (Wildman–Crippen MR) is 43.5 cm³/mol. The van der Waals surface area contributed by atoms with Crippen molar-refractivity contribution in [1.29, 1.82) is 0 Å². The van der Waals surface area contributed by atoms with Gasteiger partial charge in [-0.2, -0.15) is 4.68 Å². The van der Waals surface area contributed by atoms with E-state index in [0.717, 1.165) is 0 Å². The number of hydrogen-bond donors (Lipinski definition) is 1. The predicted octanol–water partition coefficient (Wildman–Crippen LogP) is 0.384. The van der Waals surface area contributed by atoms with Crippen molar-refractivity contribution in [1.82, 2.24) is 20.2 Å². The van der Waals surface area contributed by atoms with Gasteiger partial charge in [0.15, 0.2) is 0 Å². The van der Waals surface area contributed by atoms with Crippen molar-refractivity contribution in [3.63, 3.8) is 0 Å². The average molecular weight is 179 g/mol. The van der Waals surface area contributed by atoms with Gasteiger partial charge in [-0.1, -0.05) is 5.10 Å². The average Bonchev–Trinajstić information content (AvgIpc) is 2.53. The summed E-state index contributed by atoms with van der Waals surface area (Å²) in [6, 6.07) is 5.72. The summed E-state index contributed by atoms with van der Waals surface area (Å²) in [5.41, 5.74) is 6.07. The van der Waals surface area contributed by atoms with Crippen LogP contribution >= 0.6 is 0 Å². The number of aromatic nitrogens is 4. The molecule has 2 aromatic rings. The zero-order chi connectivity index (χ0) is 9.26. The van der Waals surface area contributed by atoms with Crippen LogP contribution in [-0.4, -0.2) is 20.2 Å². The van der Waals surface area contributed by atoms with Gasteiger partial charge in [-0.15, -0.1) is 0 Å². The summed E-state index contributed by atoms with van der Waals surface area (Å²) in [4.78, 5) is 0. The van der Waals surface area contributed by atoms with Crippen molar-refractivity contribution in [3.8, 4) is 5.69 Å². The minimum atomic E-state index is -0.310. The van der Waals surface area contributed by atoms with Gasteiger partial charge in [0.25, 0.3) is 0 Å². The van der Waals surface area contributed by atoms with Crippen molar-refractivity contribution in [2.75, 3.05) is 5.73 Å².